The molecule has 2 N–H and O–H groups in total. The van der Waals surface area contributed by atoms with Crippen LogP contribution >= 0.6 is 0 Å². The van der Waals surface area contributed by atoms with Gasteiger partial charge in [-0.2, -0.15) is 0 Å². The first-order valence-corrected chi connectivity index (χ1v) is 10.4. The molecular formula is C21H37N5O. The molecule has 6 nitrogen and oxygen atoms in total. The Kier molecular flexibility index (Phi) is 8.85. The lowest BCUT2D eigenvalue weighted by Crippen LogP contribution is -2.36. The van der Waals surface area contributed by atoms with Crippen LogP contribution in [0.25, 0.3) is 0 Å². The average Bonchev–Trinajstić information content (AvgIpc) is 2.67. The fourth-order valence-corrected chi connectivity index (χ4v) is 3.14. The van der Waals surface area contributed by atoms with Gasteiger partial charge in [-0.3, -0.25) is 0 Å². The molecule has 1 aliphatic heterocycles. The molecule has 152 valence electrons. The summed E-state index contributed by atoms with van der Waals surface area (Å²) in [6, 6.07) is 4.58. The lowest BCUT2D eigenvalue weighted by molar-refractivity contribution is 0.239. The zero-order valence-corrected chi connectivity index (χ0v) is 17.5. The number of aromatic nitrogens is 1. The van der Waals surface area contributed by atoms with Crippen LogP contribution in [0.2, 0.25) is 0 Å². The molecule has 6 heteroatoms. The molecule has 0 bridgehead atoms. The molecule has 0 spiro atoms. The predicted molar refractivity (Wildman–Crippen MR) is 112 cm³/mol. The largest absolute Gasteiger partial charge is 0.357 e. The van der Waals surface area contributed by atoms with Gasteiger partial charge in [0.25, 0.3) is 0 Å². The Morgan fingerprint density at radius 2 is 2.00 bits per heavy atom. The van der Waals surface area contributed by atoms with Crippen LogP contribution in [0.4, 0.5) is 10.6 Å². The van der Waals surface area contributed by atoms with Gasteiger partial charge in [0, 0.05) is 38.4 Å². The van der Waals surface area contributed by atoms with Gasteiger partial charge in [0.15, 0.2) is 0 Å². The van der Waals surface area contributed by atoms with Gasteiger partial charge in [-0.25, -0.2) is 9.78 Å². The monoisotopic (exact) mass is 375 g/mol. The summed E-state index contributed by atoms with van der Waals surface area (Å²) >= 11 is 0. The van der Waals surface area contributed by atoms with Gasteiger partial charge in [0.05, 0.1) is 0 Å². The molecule has 1 saturated heterocycles. The summed E-state index contributed by atoms with van der Waals surface area (Å²) in [5.74, 6) is 1.86. The van der Waals surface area contributed by atoms with Crippen LogP contribution in [0, 0.1) is 5.92 Å². The van der Waals surface area contributed by atoms with Crippen LogP contribution in [0.3, 0.4) is 0 Å². The highest BCUT2D eigenvalue weighted by atomic mass is 16.2. The zero-order chi connectivity index (χ0) is 19.6. The van der Waals surface area contributed by atoms with Crippen molar-refractivity contribution in [3.05, 3.63) is 23.9 Å². The maximum absolute atomic E-state index is 11.9. The fourth-order valence-electron chi connectivity index (χ4n) is 3.14. The van der Waals surface area contributed by atoms with Crippen molar-refractivity contribution in [2.45, 2.75) is 59.0 Å². The molecule has 0 aromatic carbocycles. The standard InChI is InChI=1S/C21H37N5O/c1-17(2)25(4)12-6-5-11-22-21(27)24-16-19-7-8-20(23-15-19)26-13-9-18(3)10-14-26/h7-8,15,17-18H,5-6,9-14,16H2,1-4H3,(H2,22,24,27). The molecular weight excluding hydrogens is 338 g/mol. The summed E-state index contributed by atoms with van der Waals surface area (Å²) in [6.45, 7) is 11.2. The number of rotatable bonds is 9. The molecule has 0 radical (unpaired) electrons. The molecule has 1 fully saturated rings. The Hall–Kier alpha value is -1.82. The third-order valence-corrected chi connectivity index (χ3v) is 5.47. The SMILES string of the molecule is CC1CCN(c2ccc(CNC(=O)NCCCCN(C)C(C)C)cn2)CC1. The molecule has 0 saturated carbocycles. The number of carbonyl (C=O) groups is 1. The molecule has 0 aliphatic carbocycles. The summed E-state index contributed by atoms with van der Waals surface area (Å²) in [4.78, 5) is 21.1. The van der Waals surface area contributed by atoms with E-state index in [4.69, 9.17) is 0 Å². The summed E-state index contributed by atoms with van der Waals surface area (Å²) in [5, 5.41) is 5.83. The first-order valence-electron chi connectivity index (χ1n) is 10.4. The van der Waals surface area contributed by atoms with E-state index < -0.39 is 0 Å². The number of nitrogens with zero attached hydrogens (tertiary/aromatic N) is 3. The quantitative estimate of drug-likeness (QED) is 0.651. The number of carbonyl (C=O) groups excluding carboxylic acids is 1. The number of pyridine rings is 1. The van der Waals surface area contributed by atoms with E-state index in [2.05, 4.69) is 65.4 Å². The van der Waals surface area contributed by atoms with E-state index in [1.165, 1.54) is 12.8 Å². The van der Waals surface area contributed by atoms with Crippen LogP contribution in [0.5, 0.6) is 0 Å². The van der Waals surface area contributed by atoms with E-state index in [-0.39, 0.29) is 6.03 Å². The summed E-state index contributed by atoms with van der Waals surface area (Å²) < 4.78 is 0. The van der Waals surface area contributed by atoms with Gasteiger partial charge in [-0.05, 0) is 70.7 Å². The van der Waals surface area contributed by atoms with Crippen LogP contribution in [0.1, 0.15) is 52.0 Å². The van der Waals surface area contributed by atoms with E-state index in [0.29, 0.717) is 19.1 Å². The smallest absolute Gasteiger partial charge is 0.315 e. The van der Waals surface area contributed by atoms with Crippen molar-refractivity contribution >= 4 is 11.8 Å². The van der Waals surface area contributed by atoms with E-state index in [0.717, 1.165) is 49.8 Å². The normalized spacial score (nSPS) is 15.4. The molecule has 2 amide bonds. The van der Waals surface area contributed by atoms with Gasteiger partial charge >= 0.3 is 6.03 Å². The fraction of sp³-hybridized carbons (Fsp3) is 0.714. The number of hydrogen-bond donors (Lipinski definition) is 2. The van der Waals surface area contributed by atoms with E-state index in [1.54, 1.807) is 0 Å². The number of nitrogens with one attached hydrogen (secondary N) is 2. The van der Waals surface area contributed by atoms with Crippen molar-refractivity contribution in [3.63, 3.8) is 0 Å². The van der Waals surface area contributed by atoms with Crippen LogP contribution in [-0.4, -0.2) is 55.2 Å². The number of anilines is 1. The molecule has 0 unspecified atom stereocenters. The Morgan fingerprint density at radius 1 is 1.26 bits per heavy atom. The lowest BCUT2D eigenvalue weighted by atomic mass is 9.99. The first kappa shape index (κ1) is 21.5. The maximum Gasteiger partial charge on any atom is 0.315 e. The van der Waals surface area contributed by atoms with Crippen molar-refractivity contribution in [2.24, 2.45) is 5.92 Å². The van der Waals surface area contributed by atoms with Crippen LogP contribution < -0.4 is 15.5 Å². The van der Waals surface area contributed by atoms with Crippen molar-refractivity contribution in [1.29, 1.82) is 0 Å². The highest BCUT2D eigenvalue weighted by Crippen LogP contribution is 2.21. The number of piperidine rings is 1. The third-order valence-electron chi connectivity index (χ3n) is 5.47. The third kappa shape index (κ3) is 7.75. The predicted octanol–water partition coefficient (Wildman–Crippen LogP) is 3.24. The van der Waals surface area contributed by atoms with Crippen molar-refractivity contribution in [3.8, 4) is 0 Å². The number of unbranched alkanes of at least 4 members (excludes halogenated alkanes) is 1. The minimum absolute atomic E-state index is 0.110. The van der Waals surface area contributed by atoms with Crippen molar-refractivity contribution < 1.29 is 4.79 Å². The van der Waals surface area contributed by atoms with E-state index >= 15 is 0 Å². The second kappa shape index (κ2) is 11.1. The minimum atomic E-state index is -0.110. The van der Waals surface area contributed by atoms with Crippen molar-refractivity contribution in [1.82, 2.24) is 20.5 Å². The minimum Gasteiger partial charge on any atom is -0.357 e. The van der Waals surface area contributed by atoms with Gasteiger partial charge in [0.1, 0.15) is 5.82 Å². The molecule has 1 aromatic rings. The number of urea groups is 1. The topological polar surface area (TPSA) is 60.5 Å². The zero-order valence-electron chi connectivity index (χ0n) is 17.5. The molecule has 0 atom stereocenters. The second-order valence-electron chi connectivity index (χ2n) is 8.09. The van der Waals surface area contributed by atoms with Crippen LogP contribution in [0.15, 0.2) is 18.3 Å². The highest BCUT2D eigenvalue weighted by Gasteiger charge is 2.16. The molecule has 1 aromatic heterocycles. The second-order valence-corrected chi connectivity index (χ2v) is 8.09. The van der Waals surface area contributed by atoms with E-state index in [9.17, 15) is 4.79 Å². The lowest BCUT2D eigenvalue weighted by Gasteiger charge is -2.31. The van der Waals surface area contributed by atoms with E-state index in [1.807, 2.05) is 6.20 Å². The molecule has 1 aliphatic rings. The Labute approximate surface area is 164 Å². The first-order chi connectivity index (χ1) is 13.0. The average molecular weight is 376 g/mol. The number of amides is 2. The van der Waals surface area contributed by atoms with Gasteiger partial charge in [0.2, 0.25) is 0 Å². The number of hydrogen-bond acceptors (Lipinski definition) is 4. The maximum atomic E-state index is 11.9. The Bertz CT molecular complexity index is 552. The van der Waals surface area contributed by atoms with Gasteiger partial charge in [-0.1, -0.05) is 13.0 Å². The van der Waals surface area contributed by atoms with Gasteiger partial charge in [-0.15, -0.1) is 0 Å². The molecule has 27 heavy (non-hydrogen) atoms. The molecule has 2 rings (SSSR count). The highest BCUT2D eigenvalue weighted by molar-refractivity contribution is 5.73. The molecule has 2 heterocycles. The Balaban J connectivity index is 1.61. The van der Waals surface area contributed by atoms with Crippen LogP contribution in [-0.2, 0) is 6.54 Å². The van der Waals surface area contributed by atoms with Crippen molar-refractivity contribution in [2.75, 3.05) is 38.1 Å². The summed E-state index contributed by atoms with van der Waals surface area (Å²) in [5.41, 5.74) is 1.03. The Morgan fingerprint density at radius 3 is 2.63 bits per heavy atom. The summed E-state index contributed by atoms with van der Waals surface area (Å²) in [6.07, 6.45) is 6.43. The summed E-state index contributed by atoms with van der Waals surface area (Å²) in [7, 11) is 2.13. The van der Waals surface area contributed by atoms with Gasteiger partial charge < -0.3 is 20.4 Å².